The van der Waals surface area contributed by atoms with E-state index in [2.05, 4.69) is 15.6 Å². The predicted molar refractivity (Wildman–Crippen MR) is 93.5 cm³/mol. The van der Waals surface area contributed by atoms with E-state index in [1.165, 1.54) is 0 Å². The Labute approximate surface area is 148 Å². The van der Waals surface area contributed by atoms with Crippen molar-refractivity contribution in [1.82, 2.24) is 10.6 Å². The summed E-state index contributed by atoms with van der Waals surface area (Å²) in [6.07, 6.45) is 5.00. The maximum Gasteiger partial charge on any atom is 0.408 e. The number of nitrogens with one attached hydrogen (secondary N) is 2. The van der Waals surface area contributed by atoms with E-state index >= 15 is 0 Å². The number of ether oxygens (including phenoxy) is 2. The van der Waals surface area contributed by atoms with Crippen molar-refractivity contribution in [3.8, 4) is 0 Å². The number of alkyl carbamates (subject to hydrolysis) is 1. The van der Waals surface area contributed by atoms with E-state index in [1.807, 2.05) is 0 Å². The largest absolute Gasteiger partial charge is 0.466 e. The molecule has 1 heterocycles. The van der Waals surface area contributed by atoms with Crippen molar-refractivity contribution < 1.29 is 23.9 Å². The van der Waals surface area contributed by atoms with Crippen LogP contribution in [0.5, 0.6) is 0 Å². The van der Waals surface area contributed by atoms with Crippen molar-refractivity contribution in [2.75, 3.05) is 19.7 Å². The summed E-state index contributed by atoms with van der Waals surface area (Å²) in [6, 6.07) is 0. The summed E-state index contributed by atoms with van der Waals surface area (Å²) in [4.78, 5) is 39.5. The van der Waals surface area contributed by atoms with E-state index < -0.39 is 23.1 Å². The number of hydrogen-bond donors (Lipinski definition) is 2. The lowest BCUT2D eigenvalue weighted by Gasteiger charge is -2.31. The quantitative estimate of drug-likeness (QED) is 0.672. The first-order chi connectivity index (χ1) is 11.7. The molecule has 1 aliphatic heterocycles. The summed E-state index contributed by atoms with van der Waals surface area (Å²) < 4.78 is 10.0. The highest BCUT2D eigenvalue weighted by Gasteiger charge is 2.31. The van der Waals surface area contributed by atoms with Gasteiger partial charge in [-0.05, 0) is 40.2 Å². The molecule has 2 amide bonds. The maximum atomic E-state index is 12.2. The SMILES string of the molecule is CCOC(=O)CCC1(NC(=O)CNC(=O)OC(C)(C)C)C=CC=NC1. The first kappa shape index (κ1) is 20.7. The van der Waals surface area contributed by atoms with Gasteiger partial charge in [0, 0.05) is 12.6 Å². The van der Waals surface area contributed by atoms with Crippen molar-refractivity contribution in [1.29, 1.82) is 0 Å². The summed E-state index contributed by atoms with van der Waals surface area (Å²) in [5, 5.41) is 5.23. The van der Waals surface area contributed by atoms with Crippen molar-refractivity contribution in [3.05, 3.63) is 12.2 Å². The van der Waals surface area contributed by atoms with Crippen LogP contribution in [-0.4, -0.2) is 55.0 Å². The number of dihydropyridines is 1. The molecule has 0 aliphatic carbocycles. The highest BCUT2D eigenvalue weighted by molar-refractivity contribution is 5.84. The Balaban J connectivity index is 2.56. The fraction of sp³-hybridized carbons (Fsp3) is 0.647. The van der Waals surface area contributed by atoms with Gasteiger partial charge in [-0.3, -0.25) is 14.6 Å². The molecule has 0 aromatic rings. The summed E-state index contributed by atoms with van der Waals surface area (Å²) in [5.41, 5.74) is -1.41. The Morgan fingerprint density at radius 2 is 2.00 bits per heavy atom. The van der Waals surface area contributed by atoms with Gasteiger partial charge in [-0.2, -0.15) is 0 Å². The average molecular weight is 353 g/mol. The second-order valence-electron chi connectivity index (χ2n) is 6.71. The standard InChI is InChI=1S/C17H27N3O5/c1-5-24-14(22)7-9-17(8-6-10-18-12-17)20-13(21)11-19-15(23)25-16(2,3)4/h6,8,10H,5,7,9,11-12H2,1-4H3,(H,19,23)(H,20,21). The van der Waals surface area contributed by atoms with Gasteiger partial charge in [0.25, 0.3) is 0 Å². The molecule has 8 nitrogen and oxygen atoms in total. The molecule has 0 radical (unpaired) electrons. The fourth-order valence-corrected chi connectivity index (χ4v) is 2.21. The summed E-state index contributed by atoms with van der Waals surface area (Å²) in [5.74, 6) is -0.720. The van der Waals surface area contributed by atoms with Crippen LogP contribution in [0.25, 0.3) is 0 Å². The van der Waals surface area contributed by atoms with Gasteiger partial charge in [0.1, 0.15) is 12.1 Å². The molecule has 0 spiro atoms. The van der Waals surface area contributed by atoms with Crippen molar-refractivity contribution in [2.24, 2.45) is 4.99 Å². The lowest BCUT2D eigenvalue weighted by molar-refractivity contribution is -0.143. The normalized spacial score (nSPS) is 19.2. The molecule has 2 N–H and O–H groups in total. The molecule has 1 aliphatic rings. The number of hydrogen-bond acceptors (Lipinski definition) is 6. The molecular formula is C17H27N3O5. The van der Waals surface area contributed by atoms with E-state index in [1.54, 1.807) is 46.1 Å². The number of rotatable bonds is 7. The second kappa shape index (κ2) is 9.19. The molecule has 25 heavy (non-hydrogen) atoms. The predicted octanol–water partition coefficient (Wildman–Crippen LogP) is 1.35. The van der Waals surface area contributed by atoms with Gasteiger partial charge in [-0.1, -0.05) is 6.08 Å². The van der Waals surface area contributed by atoms with Crippen molar-refractivity contribution in [2.45, 2.75) is 51.7 Å². The molecule has 0 bridgehead atoms. The molecular weight excluding hydrogens is 326 g/mol. The molecule has 0 aromatic heterocycles. The molecule has 1 unspecified atom stereocenters. The first-order valence-corrected chi connectivity index (χ1v) is 8.27. The number of amides is 2. The highest BCUT2D eigenvalue weighted by Crippen LogP contribution is 2.18. The lowest BCUT2D eigenvalue weighted by atomic mass is 9.91. The molecule has 8 heteroatoms. The van der Waals surface area contributed by atoms with E-state index in [4.69, 9.17) is 9.47 Å². The number of aliphatic imine (C=N–C) groups is 1. The van der Waals surface area contributed by atoms with Gasteiger partial charge >= 0.3 is 12.1 Å². The third-order valence-electron chi connectivity index (χ3n) is 3.24. The summed E-state index contributed by atoms with van der Waals surface area (Å²) >= 11 is 0. The zero-order chi connectivity index (χ0) is 18.9. The van der Waals surface area contributed by atoms with Gasteiger partial charge in [-0.25, -0.2) is 4.79 Å². The van der Waals surface area contributed by atoms with Crippen molar-refractivity contribution >= 4 is 24.2 Å². The zero-order valence-corrected chi connectivity index (χ0v) is 15.3. The van der Waals surface area contributed by atoms with Gasteiger partial charge in [0.2, 0.25) is 5.91 Å². The van der Waals surface area contributed by atoms with Crippen LogP contribution in [0.3, 0.4) is 0 Å². The summed E-state index contributed by atoms with van der Waals surface area (Å²) in [7, 11) is 0. The van der Waals surface area contributed by atoms with Gasteiger partial charge < -0.3 is 20.1 Å². The number of carbonyl (C=O) groups excluding carboxylic acids is 3. The Morgan fingerprint density at radius 1 is 1.28 bits per heavy atom. The molecule has 1 atom stereocenters. The average Bonchev–Trinajstić information content (AvgIpc) is 2.51. The van der Waals surface area contributed by atoms with E-state index in [-0.39, 0.29) is 18.9 Å². The van der Waals surface area contributed by atoms with Crippen LogP contribution in [0.1, 0.15) is 40.5 Å². The Morgan fingerprint density at radius 3 is 2.56 bits per heavy atom. The van der Waals surface area contributed by atoms with Crippen LogP contribution in [0, 0.1) is 0 Å². The second-order valence-corrected chi connectivity index (χ2v) is 6.71. The van der Waals surface area contributed by atoms with Crippen LogP contribution < -0.4 is 10.6 Å². The Hall–Kier alpha value is -2.38. The number of nitrogens with zero attached hydrogens (tertiary/aromatic N) is 1. The monoisotopic (exact) mass is 353 g/mol. The minimum atomic E-state index is -0.770. The highest BCUT2D eigenvalue weighted by atomic mass is 16.6. The van der Waals surface area contributed by atoms with Crippen LogP contribution in [0.15, 0.2) is 17.1 Å². The third kappa shape index (κ3) is 8.32. The maximum absolute atomic E-state index is 12.2. The van der Waals surface area contributed by atoms with Gasteiger partial charge in [-0.15, -0.1) is 0 Å². The van der Waals surface area contributed by atoms with Crippen molar-refractivity contribution in [3.63, 3.8) is 0 Å². The van der Waals surface area contributed by atoms with Crippen LogP contribution >= 0.6 is 0 Å². The Kier molecular flexibility index (Phi) is 7.60. The van der Waals surface area contributed by atoms with Crippen LogP contribution in [0.4, 0.5) is 4.79 Å². The lowest BCUT2D eigenvalue weighted by Crippen LogP contribution is -2.53. The number of allylic oxidation sites excluding steroid dienone is 1. The van der Waals surface area contributed by atoms with E-state index in [9.17, 15) is 14.4 Å². The molecule has 0 fully saturated rings. The van der Waals surface area contributed by atoms with Crippen LogP contribution in [0.2, 0.25) is 0 Å². The minimum absolute atomic E-state index is 0.160. The molecule has 0 saturated heterocycles. The number of esters is 1. The summed E-state index contributed by atoms with van der Waals surface area (Å²) in [6.45, 7) is 7.36. The van der Waals surface area contributed by atoms with E-state index in [0.717, 1.165) is 0 Å². The fourth-order valence-electron chi connectivity index (χ4n) is 2.21. The number of carbonyl (C=O) groups is 3. The molecule has 0 aromatic carbocycles. The van der Waals surface area contributed by atoms with Gasteiger partial charge in [0.15, 0.2) is 0 Å². The van der Waals surface area contributed by atoms with E-state index in [0.29, 0.717) is 19.6 Å². The topological polar surface area (TPSA) is 106 Å². The Bertz CT molecular complexity index is 551. The smallest absolute Gasteiger partial charge is 0.408 e. The third-order valence-corrected chi connectivity index (χ3v) is 3.24. The molecule has 0 saturated carbocycles. The molecule has 1 rings (SSSR count). The minimum Gasteiger partial charge on any atom is -0.466 e. The zero-order valence-electron chi connectivity index (χ0n) is 15.3. The first-order valence-electron chi connectivity index (χ1n) is 8.27. The van der Waals surface area contributed by atoms with Gasteiger partial charge in [0.05, 0.1) is 18.7 Å². The molecule has 140 valence electrons. The van der Waals surface area contributed by atoms with Crippen LogP contribution in [-0.2, 0) is 19.1 Å².